The van der Waals surface area contributed by atoms with E-state index in [-0.39, 0.29) is 0 Å². The van der Waals surface area contributed by atoms with Crippen molar-refractivity contribution in [2.45, 2.75) is 32.6 Å². The Labute approximate surface area is 67.5 Å². The molecule has 60 valence electrons. The lowest BCUT2D eigenvalue weighted by Crippen LogP contribution is -2.20. The molecule has 0 heterocycles. The van der Waals surface area contributed by atoms with Crippen LogP contribution in [0.2, 0.25) is 0 Å². The highest BCUT2D eigenvalue weighted by Gasteiger charge is 2.34. The minimum Gasteiger partial charge on any atom is -0.294 e. The highest BCUT2D eigenvalue weighted by Crippen LogP contribution is 2.38. The van der Waals surface area contributed by atoms with E-state index in [0.29, 0.717) is 17.6 Å². The van der Waals surface area contributed by atoms with E-state index in [1.54, 1.807) is 0 Å². The number of allylic oxidation sites excluding steroid dienone is 2. The molecule has 0 N–H and O–H groups in total. The maximum absolute atomic E-state index is 11.5. The molecule has 2 aliphatic carbocycles. The first-order valence-electron chi connectivity index (χ1n) is 4.51. The lowest BCUT2D eigenvalue weighted by molar-refractivity contribution is -0.119. The molecule has 2 unspecified atom stereocenters. The first kappa shape index (κ1) is 7.08. The van der Waals surface area contributed by atoms with Crippen molar-refractivity contribution in [3.63, 3.8) is 0 Å². The number of hydrogen-bond donors (Lipinski definition) is 0. The third-order valence-electron chi connectivity index (χ3n) is 3.01. The van der Waals surface area contributed by atoms with Crippen molar-refractivity contribution in [3.8, 4) is 0 Å². The van der Waals surface area contributed by atoms with Gasteiger partial charge in [0.25, 0.3) is 0 Å². The number of Topliss-reactive ketones (excluding diaryl/α,β-unsaturated/α-hetero) is 1. The zero-order valence-electron chi connectivity index (χ0n) is 6.97. The molecule has 0 spiro atoms. The molecule has 0 radical (unpaired) electrons. The summed E-state index contributed by atoms with van der Waals surface area (Å²) in [5.74, 6) is 1.41. The Bertz CT molecular complexity index is 215. The van der Waals surface area contributed by atoms with E-state index in [9.17, 15) is 4.79 Å². The molecule has 0 bridgehead atoms. The number of hydrogen-bond acceptors (Lipinski definition) is 1. The van der Waals surface area contributed by atoms with Crippen LogP contribution in [-0.4, -0.2) is 5.78 Å². The van der Waals surface area contributed by atoms with Crippen LogP contribution < -0.4 is 0 Å². The molecule has 1 heteroatoms. The fourth-order valence-corrected chi connectivity index (χ4v) is 2.38. The van der Waals surface area contributed by atoms with Gasteiger partial charge in [0.1, 0.15) is 0 Å². The summed E-state index contributed by atoms with van der Waals surface area (Å²) in [6, 6.07) is 0. The van der Waals surface area contributed by atoms with Gasteiger partial charge < -0.3 is 0 Å². The maximum Gasteiger partial charge on any atom is 0.161 e. The Morgan fingerprint density at radius 2 is 2.09 bits per heavy atom. The molecule has 0 amide bonds. The molecule has 2 atom stereocenters. The molecular weight excluding hydrogens is 136 g/mol. The Kier molecular flexibility index (Phi) is 1.59. The fourth-order valence-electron chi connectivity index (χ4n) is 2.38. The van der Waals surface area contributed by atoms with Gasteiger partial charge in [-0.15, -0.1) is 0 Å². The molecule has 2 aliphatic rings. The largest absolute Gasteiger partial charge is 0.294 e. The van der Waals surface area contributed by atoms with Crippen molar-refractivity contribution in [1.29, 1.82) is 0 Å². The normalized spacial score (nSPS) is 36.8. The highest BCUT2D eigenvalue weighted by molar-refractivity contribution is 5.99. The third-order valence-corrected chi connectivity index (χ3v) is 3.01. The number of ketones is 1. The average molecular weight is 150 g/mol. The number of fused-ring (bicyclic) bond motifs is 1. The lowest BCUT2D eigenvalue weighted by Gasteiger charge is -2.22. The van der Waals surface area contributed by atoms with E-state index in [4.69, 9.17) is 0 Å². The number of rotatable bonds is 0. The lowest BCUT2D eigenvalue weighted by atomic mass is 9.81. The summed E-state index contributed by atoms with van der Waals surface area (Å²) < 4.78 is 0. The summed E-state index contributed by atoms with van der Waals surface area (Å²) >= 11 is 0. The van der Waals surface area contributed by atoms with Crippen molar-refractivity contribution < 1.29 is 4.79 Å². The molecule has 1 nitrogen and oxygen atoms in total. The topological polar surface area (TPSA) is 17.1 Å². The Morgan fingerprint density at radius 1 is 1.36 bits per heavy atom. The van der Waals surface area contributed by atoms with Gasteiger partial charge in [-0.1, -0.05) is 18.9 Å². The van der Waals surface area contributed by atoms with Gasteiger partial charge in [-0.05, 0) is 31.3 Å². The molecule has 11 heavy (non-hydrogen) atoms. The van der Waals surface area contributed by atoms with E-state index in [2.05, 4.69) is 6.08 Å². The second-order valence-electron chi connectivity index (χ2n) is 3.77. The van der Waals surface area contributed by atoms with Gasteiger partial charge in [0.15, 0.2) is 5.78 Å². The van der Waals surface area contributed by atoms with Crippen LogP contribution in [0.3, 0.4) is 0 Å². The second kappa shape index (κ2) is 2.47. The molecule has 0 aliphatic heterocycles. The molecule has 2 rings (SSSR count). The van der Waals surface area contributed by atoms with Gasteiger partial charge in [0.2, 0.25) is 0 Å². The van der Waals surface area contributed by atoms with E-state index >= 15 is 0 Å². The molecule has 0 aromatic carbocycles. The summed E-state index contributed by atoms with van der Waals surface area (Å²) in [6.45, 7) is 1.96. The van der Waals surface area contributed by atoms with Gasteiger partial charge in [0, 0.05) is 5.92 Å². The van der Waals surface area contributed by atoms with Crippen molar-refractivity contribution in [1.82, 2.24) is 0 Å². The van der Waals surface area contributed by atoms with Crippen LogP contribution in [-0.2, 0) is 4.79 Å². The summed E-state index contributed by atoms with van der Waals surface area (Å²) in [4.78, 5) is 11.5. The van der Waals surface area contributed by atoms with Crippen LogP contribution in [0.1, 0.15) is 32.6 Å². The molecule has 0 saturated heterocycles. The minimum atomic E-state index is 0.378. The fraction of sp³-hybridized carbons (Fsp3) is 0.700. The van der Waals surface area contributed by atoms with Gasteiger partial charge in [-0.3, -0.25) is 4.79 Å². The van der Waals surface area contributed by atoms with Crippen LogP contribution >= 0.6 is 0 Å². The zero-order chi connectivity index (χ0) is 7.84. The summed E-state index contributed by atoms with van der Waals surface area (Å²) in [7, 11) is 0. The van der Waals surface area contributed by atoms with Gasteiger partial charge in [0.05, 0.1) is 0 Å². The summed E-state index contributed by atoms with van der Waals surface area (Å²) in [5, 5.41) is 0. The first-order valence-corrected chi connectivity index (χ1v) is 4.51. The van der Waals surface area contributed by atoms with E-state index in [1.807, 2.05) is 6.92 Å². The van der Waals surface area contributed by atoms with Crippen LogP contribution in [0.4, 0.5) is 0 Å². The quantitative estimate of drug-likeness (QED) is 0.518. The minimum absolute atomic E-state index is 0.378. The average Bonchev–Trinajstić information content (AvgIpc) is 2.30. The summed E-state index contributed by atoms with van der Waals surface area (Å²) in [5.41, 5.74) is 1.02. The highest BCUT2D eigenvalue weighted by atomic mass is 16.1. The number of carbonyl (C=O) groups is 1. The smallest absolute Gasteiger partial charge is 0.161 e. The number of carbonyl (C=O) groups excluding carboxylic acids is 1. The Hall–Kier alpha value is -0.590. The first-order chi connectivity index (χ1) is 5.29. The van der Waals surface area contributed by atoms with Gasteiger partial charge >= 0.3 is 0 Å². The third kappa shape index (κ3) is 1.03. The van der Waals surface area contributed by atoms with E-state index < -0.39 is 0 Å². The van der Waals surface area contributed by atoms with Crippen LogP contribution in [0.15, 0.2) is 11.6 Å². The monoisotopic (exact) mass is 150 g/mol. The van der Waals surface area contributed by atoms with E-state index in [1.165, 1.54) is 19.3 Å². The maximum atomic E-state index is 11.5. The summed E-state index contributed by atoms with van der Waals surface area (Å²) in [6.07, 6.45) is 7.14. The molecule has 0 aromatic rings. The Balaban J connectivity index is 2.20. The van der Waals surface area contributed by atoms with E-state index in [0.717, 1.165) is 12.0 Å². The van der Waals surface area contributed by atoms with Crippen molar-refractivity contribution >= 4 is 5.78 Å². The molecule has 1 fully saturated rings. The zero-order valence-corrected chi connectivity index (χ0v) is 6.97. The predicted octanol–water partition coefficient (Wildman–Crippen LogP) is 2.32. The SMILES string of the molecule is CC1=CC2CCCCC2C1=O. The second-order valence-corrected chi connectivity index (χ2v) is 3.77. The van der Waals surface area contributed by atoms with Crippen molar-refractivity contribution in [2.24, 2.45) is 11.8 Å². The van der Waals surface area contributed by atoms with Gasteiger partial charge in [-0.2, -0.15) is 0 Å². The van der Waals surface area contributed by atoms with Crippen LogP contribution in [0, 0.1) is 11.8 Å². The van der Waals surface area contributed by atoms with Gasteiger partial charge in [-0.25, -0.2) is 0 Å². The molecule has 1 saturated carbocycles. The van der Waals surface area contributed by atoms with Crippen molar-refractivity contribution in [2.75, 3.05) is 0 Å². The van der Waals surface area contributed by atoms with Crippen LogP contribution in [0.25, 0.3) is 0 Å². The molecular formula is C10H14O. The molecule has 0 aromatic heterocycles. The van der Waals surface area contributed by atoms with Crippen LogP contribution in [0.5, 0.6) is 0 Å². The predicted molar refractivity (Wildman–Crippen MR) is 44.2 cm³/mol. The standard InChI is InChI=1S/C10H14O/c1-7-6-8-4-2-3-5-9(8)10(7)11/h6,8-9H,2-5H2,1H3. The Morgan fingerprint density at radius 3 is 2.82 bits per heavy atom. The van der Waals surface area contributed by atoms with Crippen molar-refractivity contribution in [3.05, 3.63) is 11.6 Å².